The number of aromatic nitrogens is 3. The van der Waals surface area contributed by atoms with Gasteiger partial charge in [0.15, 0.2) is 0 Å². The van der Waals surface area contributed by atoms with E-state index in [1.54, 1.807) is 36.9 Å². The van der Waals surface area contributed by atoms with Crippen molar-refractivity contribution < 1.29 is 4.79 Å². The van der Waals surface area contributed by atoms with Gasteiger partial charge in [0.2, 0.25) is 0 Å². The third-order valence-corrected chi connectivity index (χ3v) is 5.43. The van der Waals surface area contributed by atoms with Gasteiger partial charge in [-0.3, -0.25) is 9.78 Å². The van der Waals surface area contributed by atoms with E-state index in [0.29, 0.717) is 11.3 Å². The van der Waals surface area contributed by atoms with E-state index in [-0.39, 0.29) is 23.9 Å². The predicted molar refractivity (Wildman–Crippen MR) is 117 cm³/mol. The molecular weight excluding hydrogens is 444 g/mol. The first-order valence-corrected chi connectivity index (χ1v) is 9.65. The van der Waals surface area contributed by atoms with Crippen LogP contribution in [0.25, 0.3) is 11.0 Å². The van der Waals surface area contributed by atoms with Crippen LogP contribution in [-0.2, 0) is 0 Å². The Kier molecular flexibility index (Phi) is 5.92. The van der Waals surface area contributed by atoms with Crippen molar-refractivity contribution in [3.8, 4) is 0 Å². The number of piperidine rings is 1. The average Bonchev–Trinajstić information content (AvgIpc) is 3.04. The Morgan fingerprint density at radius 2 is 2.25 bits per heavy atom. The number of nitrogens with zero attached hydrogens (tertiary/aromatic N) is 3. The van der Waals surface area contributed by atoms with Crippen molar-refractivity contribution in [1.82, 2.24) is 15.0 Å². The molecule has 1 saturated heterocycles. The third kappa shape index (κ3) is 3.99. The molecule has 1 unspecified atom stereocenters. The van der Waals surface area contributed by atoms with E-state index in [1.807, 2.05) is 0 Å². The summed E-state index contributed by atoms with van der Waals surface area (Å²) in [6.07, 6.45) is 8.75. The number of rotatable bonds is 3. The normalized spacial score (nSPS) is 19.3. The van der Waals surface area contributed by atoms with Gasteiger partial charge in [-0.2, -0.15) is 0 Å². The molecule has 0 bridgehead atoms. The zero-order valence-corrected chi connectivity index (χ0v) is 17.8. The number of carbonyl (C=O) groups is 1. The highest BCUT2D eigenvalue weighted by Gasteiger charge is 2.30. The smallest absolute Gasteiger partial charge is 0.257 e. The number of fused-ring (bicyclic) bond motifs is 1. The zero-order valence-electron chi connectivity index (χ0n) is 15.4. The molecule has 1 aliphatic heterocycles. The van der Waals surface area contributed by atoms with Crippen molar-refractivity contribution in [1.29, 1.82) is 0 Å². The highest BCUT2D eigenvalue weighted by Crippen LogP contribution is 2.39. The number of halogens is 2. The molecule has 4 rings (SSSR count). The molecule has 0 spiro atoms. The van der Waals surface area contributed by atoms with Crippen molar-refractivity contribution in [3.63, 3.8) is 0 Å². The van der Waals surface area contributed by atoms with Crippen molar-refractivity contribution >= 4 is 56.7 Å². The predicted octanol–water partition coefficient (Wildman–Crippen LogP) is 3.71. The summed E-state index contributed by atoms with van der Waals surface area (Å²) in [4.78, 5) is 26.5. The third-order valence-electron chi connectivity index (χ3n) is 4.85. The maximum Gasteiger partial charge on any atom is 0.257 e. The Labute approximate surface area is 177 Å². The molecule has 9 heteroatoms. The summed E-state index contributed by atoms with van der Waals surface area (Å²) in [5.74, 6) is -0.211. The van der Waals surface area contributed by atoms with Crippen LogP contribution in [0.4, 0.5) is 11.4 Å². The summed E-state index contributed by atoms with van der Waals surface area (Å²) < 4.78 is 0.879. The second kappa shape index (κ2) is 8.06. The molecule has 4 heterocycles. The number of amides is 1. The van der Waals surface area contributed by atoms with Crippen molar-refractivity contribution in [2.24, 2.45) is 5.73 Å². The lowest BCUT2D eigenvalue weighted by molar-refractivity contribution is 0.102. The summed E-state index contributed by atoms with van der Waals surface area (Å²) in [7, 11) is 0. The number of nitrogens with one attached hydrogen (secondary N) is 2. The van der Waals surface area contributed by atoms with Crippen molar-refractivity contribution in [3.05, 3.63) is 47.0 Å². The van der Waals surface area contributed by atoms with Crippen LogP contribution in [0.2, 0.25) is 0 Å². The minimum atomic E-state index is -0.247. The van der Waals surface area contributed by atoms with Crippen LogP contribution >= 0.6 is 28.3 Å². The molecule has 0 aliphatic carbocycles. The summed E-state index contributed by atoms with van der Waals surface area (Å²) >= 11 is 3.64. The van der Waals surface area contributed by atoms with Crippen LogP contribution < -0.4 is 16.0 Å². The van der Waals surface area contributed by atoms with Crippen LogP contribution in [0.1, 0.15) is 30.1 Å². The molecule has 0 aromatic carbocycles. The number of pyridine rings is 2. The summed E-state index contributed by atoms with van der Waals surface area (Å²) in [5, 5.41) is 3.85. The Hall–Kier alpha value is -2.16. The molecule has 0 radical (unpaired) electrons. The number of aromatic amines is 1. The van der Waals surface area contributed by atoms with E-state index < -0.39 is 0 Å². The monoisotopic (exact) mass is 464 g/mol. The van der Waals surface area contributed by atoms with E-state index in [9.17, 15) is 4.79 Å². The Balaban J connectivity index is 0.00000225. The molecule has 3 aromatic heterocycles. The fourth-order valence-corrected chi connectivity index (χ4v) is 4.17. The number of hydrogen-bond donors (Lipinski definition) is 3. The molecule has 4 N–H and O–H groups in total. The summed E-state index contributed by atoms with van der Waals surface area (Å²) in [6.45, 7) is 3.73. The molecule has 28 heavy (non-hydrogen) atoms. The van der Waals surface area contributed by atoms with Gasteiger partial charge in [0.1, 0.15) is 5.65 Å². The van der Waals surface area contributed by atoms with Gasteiger partial charge >= 0.3 is 0 Å². The van der Waals surface area contributed by atoms with Gasteiger partial charge in [0.25, 0.3) is 5.91 Å². The lowest BCUT2D eigenvalue weighted by atomic mass is 9.92. The van der Waals surface area contributed by atoms with Gasteiger partial charge in [0.05, 0.1) is 26.8 Å². The van der Waals surface area contributed by atoms with E-state index >= 15 is 0 Å². The summed E-state index contributed by atoms with van der Waals surface area (Å²) in [6, 6.07) is 3.47. The maximum atomic E-state index is 12.6. The highest BCUT2D eigenvalue weighted by molar-refractivity contribution is 9.10. The fraction of sp³-hybridized carbons (Fsp3) is 0.316. The number of H-pyrrole nitrogens is 1. The lowest BCUT2D eigenvalue weighted by Gasteiger charge is -2.39. The standard InChI is InChI=1S/C19H21BrN6O.ClH/c1-19(21)5-3-7-26(11-19)16-13(20)9-23-17-15(16)14(10-24-17)25-18(27)12-4-2-6-22-8-12;/h2,4,6,8-10H,3,5,7,11,21H2,1H3,(H,23,24)(H,25,27);1H. The van der Waals surface area contributed by atoms with E-state index in [0.717, 1.165) is 47.1 Å². The van der Waals surface area contributed by atoms with Gasteiger partial charge in [-0.15, -0.1) is 12.4 Å². The molecule has 3 aromatic rings. The largest absolute Gasteiger partial charge is 0.368 e. The molecule has 148 valence electrons. The number of hydrogen-bond acceptors (Lipinski definition) is 5. The Bertz CT molecular complexity index is 991. The first-order valence-electron chi connectivity index (χ1n) is 8.85. The van der Waals surface area contributed by atoms with Gasteiger partial charge < -0.3 is 20.9 Å². The zero-order chi connectivity index (χ0) is 19.0. The van der Waals surface area contributed by atoms with Crippen molar-refractivity contribution in [2.45, 2.75) is 25.3 Å². The first-order chi connectivity index (χ1) is 12.9. The lowest BCUT2D eigenvalue weighted by Crippen LogP contribution is -2.52. The fourth-order valence-electron chi connectivity index (χ4n) is 3.61. The van der Waals surface area contributed by atoms with E-state index in [1.165, 1.54) is 0 Å². The molecule has 7 nitrogen and oxygen atoms in total. The second-order valence-corrected chi connectivity index (χ2v) is 8.11. The number of carbonyl (C=O) groups excluding carboxylic acids is 1. The quantitative estimate of drug-likeness (QED) is 0.547. The van der Waals surface area contributed by atoms with E-state index in [2.05, 4.69) is 48.0 Å². The molecule has 1 atom stereocenters. The van der Waals surface area contributed by atoms with Crippen LogP contribution in [0, 0.1) is 0 Å². The van der Waals surface area contributed by atoms with Crippen LogP contribution in [0.15, 0.2) is 41.4 Å². The topological polar surface area (TPSA) is 99.9 Å². The first kappa shape index (κ1) is 20.6. The van der Waals surface area contributed by atoms with Gasteiger partial charge in [0, 0.05) is 43.4 Å². The average molecular weight is 466 g/mol. The summed E-state index contributed by atoms with van der Waals surface area (Å²) in [5.41, 5.74) is 9.08. The van der Waals surface area contributed by atoms with Gasteiger partial charge in [-0.05, 0) is 47.8 Å². The second-order valence-electron chi connectivity index (χ2n) is 7.26. The molecular formula is C19H22BrClN6O. The number of nitrogens with two attached hydrogens (primary N) is 1. The maximum absolute atomic E-state index is 12.6. The van der Waals surface area contributed by atoms with Crippen LogP contribution in [0.3, 0.4) is 0 Å². The van der Waals surface area contributed by atoms with Crippen molar-refractivity contribution in [2.75, 3.05) is 23.3 Å². The minimum absolute atomic E-state index is 0. The minimum Gasteiger partial charge on any atom is -0.368 e. The van der Waals surface area contributed by atoms with Crippen LogP contribution in [0.5, 0.6) is 0 Å². The molecule has 1 amide bonds. The van der Waals surface area contributed by atoms with Gasteiger partial charge in [-0.1, -0.05) is 0 Å². The highest BCUT2D eigenvalue weighted by atomic mass is 79.9. The Morgan fingerprint density at radius 3 is 2.96 bits per heavy atom. The number of anilines is 2. The molecule has 1 fully saturated rings. The van der Waals surface area contributed by atoms with Gasteiger partial charge in [-0.25, -0.2) is 4.98 Å². The molecule has 0 saturated carbocycles. The molecule has 1 aliphatic rings. The Morgan fingerprint density at radius 1 is 1.43 bits per heavy atom. The SMILES string of the molecule is CC1(N)CCCN(c2c(Br)cnc3[nH]cc(NC(=O)c4cccnc4)c23)C1.Cl. The van der Waals surface area contributed by atoms with Crippen LogP contribution in [-0.4, -0.2) is 39.5 Å². The van der Waals surface area contributed by atoms with E-state index in [4.69, 9.17) is 5.73 Å².